The number of fused-ring (bicyclic) bond motifs is 3. The molecular formula is C20H24N2O2. The first-order valence-corrected chi connectivity index (χ1v) is 8.83. The van der Waals surface area contributed by atoms with Gasteiger partial charge in [0.2, 0.25) is 0 Å². The second kappa shape index (κ2) is 6.10. The summed E-state index contributed by atoms with van der Waals surface area (Å²) < 4.78 is 5.82. The van der Waals surface area contributed by atoms with Gasteiger partial charge in [-0.05, 0) is 63.9 Å². The second-order valence-electron chi connectivity index (χ2n) is 7.15. The van der Waals surface area contributed by atoms with Crippen LogP contribution in [-0.4, -0.2) is 36.0 Å². The summed E-state index contributed by atoms with van der Waals surface area (Å²) in [6, 6.07) is 12.4. The van der Waals surface area contributed by atoms with Crippen LogP contribution >= 0.6 is 0 Å². The lowest BCUT2D eigenvalue weighted by atomic mass is 9.79. The van der Waals surface area contributed by atoms with Crippen LogP contribution in [0.15, 0.2) is 40.8 Å². The van der Waals surface area contributed by atoms with Gasteiger partial charge in [-0.2, -0.15) is 0 Å². The van der Waals surface area contributed by atoms with E-state index < -0.39 is 0 Å². The highest BCUT2D eigenvalue weighted by Crippen LogP contribution is 2.32. The van der Waals surface area contributed by atoms with Crippen molar-refractivity contribution in [3.63, 3.8) is 0 Å². The minimum atomic E-state index is -0.0977. The maximum Gasteiger partial charge on any atom is 0.287 e. The molecule has 1 N–H and O–H groups in total. The van der Waals surface area contributed by atoms with Gasteiger partial charge >= 0.3 is 0 Å². The van der Waals surface area contributed by atoms with E-state index in [1.54, 1.807) is 6.07 Å². The summed E-state index contributed by atoms with van der Waals surface area (Å²) in [5.41, 5.74) is 2.18. The fraction of sp³-hybridized carbons (Fsp3) is 0.450. The van der Waals surface area contributed by atoms with Gasteiger partial charge < -0.3 is 9.73 Å². The van der Waals surface area contributed by atoms with E-state index in [1.165, 1.54) is 18.4 Å². The quantitative estimate of drug-likeness (QED) is 0.940. The fourth-order valence-corrected chi connectivity index (χ4v) is 4.18. The number of nitrogens with one attached hydrogen (secondary N) is 1. The number of carbonyl (C=O) groups excluding carboxylic acids is 1. The zero-order valence-electron chi connectivity index (χ0n) is 14.3. The summed E-state index contributed by atoms with van der Waals surface area (Å²) >= 11 is 0. The van der Waals surface area contributed by atoms with Gasteiger partial charge in [0.1, 0.15) is 5.76 Å². The Morgan fingerprint density at radius 3 is 2.71 bits per heavy atom. The molecule has 4 heterocycles. The molecule has 4 nitrogen and oxygen atoms in total. The van der Waals surface area contributed by atoms with Crippen LogP contribution in [0.3, 0.4) is 0 Å². The monoisotopic (exact) mass is 324 g/mol. The molecular weight excluding hydrogens is 300 g/mol. The summed E-state index contributed by atoms with van der Waals surface area (Å²) in [4.78, 5) is 15.1. The number of hydrogen-bond acceptors (Lipinski definition) is 3. The Bertz CT molecular complexity index is 742. The Morgan fingerprint density at radius 1 is 1.21 bits per heavy atom. The molecule has 2 atom stereocenters. The molecule has 0 saturated carbocycles. The molecule has 0 aliphatic carbocycles. The van der Waals surface area contributed by atoms with Crippen molar-refractivity contribution in [3.8, 4) is 11.3 Å². The van der Waals surface area contributed by atoms with Crippen molar-refractivity contribution in [2.24, 2.45) is 5.92 Å². The van der Waals surface area contributed by atoms with Gasteiger partial charge in [0.15, 0.2) is 5.76 Å². The SMILES string of the molecule is Cc1cccc(-c2ccc(C(=O)NC3C4CCN(CC4)C3C)o2)c1. The number of furan rings is 1. The topological polar surface area (TPSA) is 45.5 Å². The summed E-state index contributed by atoms with van der Waals surface area (Å²) in [5, 5.41) is 3.22. The number of piperidine rings is 3. The van der Waals surface area contributed by atoms with Crippen molar-refractivity contribution in [3.05, 3.63) is 47.7 Å². The van der Waals surface area contributed by atoms with E-state index in [1.807, 2.05) is 18.2 Å². The minimum absolute atomic E-state index is 0.0977. The number of amides is 1. The first kappa shape index (κ1) is 15.5. The van der Waals surface area contributed by atoms with E-state index >= 15 is 0 Å². The maximum absolute atomic E-state index is 12.6. The van der Waals surface area contributed by atoms with Gasteiger partial charge in [0, 0.05) is 17.6 Å². The maximum atomic E-state index is 12.6. The number of aryl methyl sites for hydroxylation is 1. The molecule has 2 aromatic rings. The number of benzene rings is 1. The standard InChI is InChI=1S/C20H24N2O2/c1-13-4-3-5-16(12-13)17-6-7-18(24-17)20(23)21-19-14(2)22-10-8-15(19)9-11-22/h3-7,12,14-15,19H,8-11H2,1-2H3,(H,21,23). The lowest BCUT2D eigenvalue weighted by Crippen LogP contribution is -2.62. The van der Waals surface area contributed by atoms with Crippen LogP contribution in [-0.2, 0) is 0 Å². The van der Waals surface area contributed by atoms with Gasteiger partial charge in [0.25, 0.3) is 5.91 Å². The molecule has 1 amide bonds. The highest BCUT2D eigenvalue weighted by Gasteiger charge is 2.40. The third-order valence-electron chi connectivity index (χ3n) is 5.61. The molecule has 24 heavy (non-hydrogen) atoms. The Morgan fingerprint density at radius 2 is 2.00 bits per heavy atom. The van der Waals surface area contributed by atoms with E-state index in [0.29, 0.717) is 17.7 Å². The largest absolute Gasteiger partial charge is 0.451 e. The fourth-order valence-electron chi connectivity index (χ4n) is 4.18. The van der Waals surface area contributed by atoms with Crippen LogP contribution in [0.25, 0.3) is 11.3 Å². The Balaban J connectivity index is 1.49. The van der Waals surface area contributed by atoms with Crippen molar-refractivity contribution >= 4 is 5.91 Å². The first-order valence-electron chi connectivity index (χ1n) is 8.83. The average Bonchev–Trinajstić information content (AvgIpc) is 3.09. The third-order valence-corrected chi connectivity index (χ3v) is 5.61. The van der Waals surface area contributed by atoms with Crippen LogP contribution in [0.2, 0.25) is 0 Å². The normalized spacial score (nSPS) is 28.8. The predicted molar refractivity (Wildman–Crippen MR) is 93.9 cm³/mol. The van der Waals surface area contributed by atoms with E-state index in [-0.39, 0.29) is 11.9 Å². The van der Waals surface area contributed by atoms with Gasteiger partial charge in [-0.3, -0.25) is 9.69 Å². The molecule has 3 aliphatic heterocycles. The van der Waals surface area contributed by atoms with E-state index in [4.69, 9.17) is 4.42 Å². The van der Waals surface area contributed by atoms with Gasteiger partial charge in [-0.1, -0.05) is 23.8 Å². The van der Waals surface area contributed by atoms with Crippen molar-refractivity contribution in [2.75, 3.05) is 13.1 Å². The number of carbonyl (C=O) groups is 1. The summed E-state index contributed by atoms with van der Waals surface area (Å²) in [5.74, 6) is 1.64. The minimum Gasteiger partial charge on any atom is -0.451 e. The van der Waals surface area contributed by atoms with Crippen molar-refractivity contribution < 1.29 is 9.21 Å². The number of rotatable bonds is 3. The zero-order chi connectivity index (χ0) is 16.7. The van der Waals surface area contributed by atoms with Crippen LogP contribution in [0.4, 0.5) is 0 Å². The van der Waals surface area contributed by atoms with Gasteiger partial charge in [0.05, 0.1) is 0 Å². The molecule has 0 radical (unpaired) electrons. The highest BCUT2D eigenvalue weighted by molar-refractivity contribution is 5.92. The summed E-state index contributed by atoms with van der Waals surface area (Å²) in [7, 11) is 0. The van der Waals surface area contributed by atoms with Crippen LogP contribution in [0.1, 0.15) is 35.9 Å². The highest BCUT2D eigenvalue weighted by atomic mass is 16.3. The molecule has 3 fully saturated rings. The average molecular weight is 324 g/mol. The molecule has 1 aromatic carbocycles. The molecule has 2 bridgehead atoms. The smallest absolute Gasteiger partial charge is 0.287 e. The molecule has 126 valence electrons. The van der Waals surface area contributed by atoms with E-state index in [0.717, 1.165) is 24.4 Å². The van der Waals surface area contributed by atoms with Gasteiger partial charge in [-0.25, -0.2) is 0 Å². The molecule has 0 spiro atoms. The number of hydrogen-bond donors (Lipinski definition) is 1. The lowest BCUT2D eigenvalue weighted by molar-refractivity contribution is 0.0211. The van der Waals surface area contributed by atoms with E-state index in [9.17, 15) is 4.79 Å². The number of nitrogens with zero attached hydrogens (tertiary/aromatic N) is 1. The Hall–Kier alpha value is -2.07. The summed E-state index contributed by atoms with van der Waals surface area (Å²) in [6.45, 7) is 6.60. The van der Waals surface area contributed by atoms with Crippen LogP contribution in [0, 0.1) is 12.8 Å². The molecule has 4 heteroatoms. The predicted octanol–water partition coefficient (Wildman–Crippen LogP) is 3.47. The lowest BCUT2D eigenvalue weighted by Gasteiger charge is -2.49. The van der Waals surface area contributed by atoms with Crippen molar-refractivity contribution in [1.29, 1.82) is 0 Å². The van der Waals surface area contributed by atoms with Crippen molar-refractivity contribution in [2.45, 2.75) is 38.8 Å². The van der Waals surface area contributed by atoms with E-state index in [2.05, 4.69) is 36.2 Å². The molecule has 2 unspecified atom stereocenters. The molecule has 5 rings (SSSR count). The first-order chi connectivity index (χ1) is 11.6. The van der Waals surface area contributed by atoms with Crippen LogP contribution < -0.4 is 5.32 Å². The molecule has 1 aromatic heterocycles. The molecule has 3 saturated heterocycles. The second-order valence-corrected chi connectivity index (χ2v) is 7.15. The third kappa shape index (κ3) is 2.75. The van der Waals surface area contributed by atoms with Gasteiger partial charge in [-0.15, -0.1) is 0 Å². The van der Waals surface area contributed by atoms with Crippen molar-refractivity contribution in [1.82, 2.24) is 10.2 Å². The van der Waals surface area contributed by atoms with Crippen LogP contribution in [0.5, 0.6) is 0 Å². The Kier molecular flexibility index (Phi) is 3.93. The zero-order valence-corrected chi connectivity index (χ0v) is 14.3. The molecule has 3 aliphatic rings. The summed E-state index contributed by atoms with van der Waals surface area (Å²) in [6.07, 6.45) is 2.37. The Labute approximate surface area is 142 Å².